The Balaban J connectivity index is 1.18. The van der Waals surface area contributed by atoms with Gasteiger partial charge in [-0.1, -0.05) is 36.7 Å². The lowest BCUT2D eigenvalue weighted by Crippen LogP contribution is -2.62. The molecule has 200 valence electrons. The molecule has 0 aromatic heterocycles. The Morgan fingerprint density at radius 3 is 2.42 bits per heavy atom. The fourth-order valence-electron chi connectivity index (χ4n) is 5.72. The molecule has 0 bridgehead atoms. The van der Waals surface area contributed by atoms with E-state index in [1.54, 1.807) is 18.2 Å². The molecule has 0 radical (unpaired) electrons. The highest BCUT2D eigenvalue weighted by Gasteiger charge is 2.53. The molecule has 0 spiro atoms. The Morgan fingerprint density at radius 1 is 0.974 bits per heavy atom. The highest BCUT2D eigenvalue weighted by Crippen LogP contribution is 2.38. The zero-order valence-corrected chi connectivity index (χ0v) is 22.5. The van der Waals surface area contributed by atoms with Gasteiger partial charge in [0.2, 0.25) is 5.91 Å². The van der Waals surface area contributed by atoms with E-state index < -0.39 is 29.2 Å². The summed E-state index contributed by atoms with van der Waals surface area (Å²) < 4.78 is 6.00. The summed E-state index contributed by atoms with van der Waals surface area (Å²) in [5.74, 6) is -1.82. The predicted octanol–water partition coefficient (Wildman–Crippen LogP) is 3.95. The highest BCUT2D eigenvalue weighted by molar-refractivity contribution is 6.30. The summed E-state index contributed by atoms with van der Waals surface area (Å²) in [6.07, 6.45) is 3.01. The quantitative estimate of drug-likeness (QED) is 0.424. The molecule has 2 fully saturated rings. The number of benzene rings is 2. The maximum Gasteiger partial charge on any atom is 0.266 e. The van der Waals surface area contributed by atoms with Gasteiger partial charge in [-0.2, -0.15) is 0 Å². The van der Waals surface area contributed by atoms with E-state index in [0.29, 0.717) is 12.4 Å². The molecule has 0 aliphatic carbocycles. The van der Waals surface area contributed by atoms with E-state index in [2.05, 4.69) is 29.3 Å². The van der Waals surface area contributed by atoms with E-state index in [1.807, 2.05) is 12.1 Å². The Morgan fingerprint density at radius 2 is 1.71 bits per heavy atom. The Hall–Kier alpha value is -3.23. The van der Waals surface area contributed by atoms with Crippen LogP contribution in [0.3, 0.4) is 0 Å². The number of nitrogens with zero attached hydrogens (tertiary/aromatic N) is 2. The first-order valence-electron chi connectivity index (χ1n) is 13.1. The fourth-order valence-corrected chi connectivity index (χ4v) is 5.91. The van der Waals surface area contributed by atoms with Crippen LogP contribution in [0.25, 0.3) is 0 Å². The number of carbonyl (C=O) groups excluding carboxylic acids is 4. The number of piperidine rings is 2. The molecule has 0 unspecified atom stereocenters. The number of rotatable bonds is 7. The van der Waals surface area contributed by atoms with Crippen LogP contribution in [-0.2, 0) is 15.0 Å². The molecular weight excluding hydrogens is 506 g/mol. The van der Waals surface area contributed by atoms with Crippen molar-refractivity contribution in [2.45, 2.75) is 56.9 Å². The summed E-state index contributed by atoms with van der Waals surface area (Å²) in [7, 11) is 0. The average molecular weight is 538 g/mol. The van der Waals surface area contributed by atoms with Crippen molar-refractivity contribution in [2.75, 3.05) is 26.2 Å². The van der Waals surface area contributed by atoms with E-state index in [1.165, 1.54) is 12.5 Å². The molecule has 4 amide bonds. The third-order valence-electron chi connectivity index (χ3n) is 8.31. The SMILES string of the molecule is CC1(c2cccc(Cl)c2)CCN(CCCOc2cccc3c2C(=O)N([C@@]2(C)CCC(=O)NC2=O)C3=O)CC1. The van der Waals surface area contributed by atoms with Gasteiger partial charge in [-0.3, -0.25) is 29.4 Å². The van der Waals surface area contributed by atoms with E-state index in [9.17, 15) is 19.2 Å². The number of fused-ring (bicyclic) bond motifs is 1. The number of hydrogen-bond acceptors (Lipinski definition) is 6. The second-order valence-corrected chi connectivity index (χ2v) is 11.3. The Bertz CT molecular complexity index is 1300. The van der Waals surface area contributed by atoms with E-state index in [4.69, 9.17) is 16.3 Å². The molecule has 38 heavy (non-hydrogen) atoms. The van der Waals surface area contributed by atoms with Crippen molar-refractivity contribution in [3.05, 3.63) is 64.2 Å². The minimum absolute atomic E-state index is 0.0632. The average Bonchev–Trinajstić information content (AvgIpc) is 3.16. The Labute approximate surface area is 227 Å². The molecule has 1 N–H and O–H groups in total. The van der Waals surface area contributed by atoms with E-state index in [-0.39, 0.29) is 29.4 Å². The zero-order valence-electron chi connectivity index (χ0n) is 21.7. The van der Waals surface area contributed by atoms with Crippen LogP contribution in [0.1, 0.15) is 72.2 Å². The summed E-state index contributed by atoms with van der Waals surface area (Å²) in [5, 5.41) is 3.02. The normalized spacial score (nSPS) is 23.4. The van der Waals surface area contributed by atoms with Gasteiger partial charge < -0.3 is 9.64 Å². The van der Waals surface area contributed by atoms with Crippen molar-refractivity contribution in [3.63, 3.8) is 0 Å². The van der Waals surface area contributed by atoms with Gasteiger partial charge in [-0.05, 0) is 80.9 Å². The van der Waals surface area contributed by atoms with Gasteiger partial charge in [-0.15, -0.1) is 0 Å². The van der Waals surface area contributed by atoms with Crippen molar-refractivity contribution >= 4 is 35.2 Å². The molecular formula is C29H32ClN3O5. The number of carbonyl (C=O) groups is 4. The molecule has 3 heterocycles. The summed E-state index contributed by atoms with van der Waals surface area (Å²) in [5.41, 5.74) is 0.367. The van der Waals surface area contributed by atoms with Crippen LogP contribution in [-0.4, -0.2) is 65.2 Å². The topological polar surface area (TPSA) is 96.0 Å². The second kappa shape index (κ2) is 10.2. The van der Waals surface area contributed by atoms with Crippen molar-refractivity contribution in [3.8, 4) is 5.75 Å². The van der Waals surface area contributed by atoms with Crippen molar-refractivity contribution < 1.29 is 23.9 Å². The van der Waals surface area contributed by atoms with Gasteiger partial charge in [0.1, 0.15) is 11.3 Å². The number of imide groups is 2. The lowest BCUT2D eigenvalue weighted by molar-refractivity contribution is -0.140. The van der Waals surface area contributed by atoms with Gasteiger partial charge in [-0.25, -0.2) is 0 Å². The van der Waals surface area contributed by atoms with Crippen LogP contribution < -0.4 is 10.1 Å². The molecule has 9 heteroatoms. The van der Waals surface area contributed by atoms with E-state index >= 15 is 0 Å². The van der Waals surface area contributed by atoms with Crippen LogP contribution in [0.15, 0.2) is 42.5 Å². The number of halogens is 1. The van der Waals surface area contributed by atoms with Crippen molar-refractivity contribution in [1.82, 2.24) is 15.1 Å². The summed E-state index contributed by atoms with van der Waals surface area (Å²) >= 11 is 6.21. The number of hydrogen-bond donors (Lipinski definition) is 1. The number of ether oxygens (including phenoxy) is 1. The third-order valence-corrected chi connectivity index (χ3v) is 8.54. The number of likely N-dealkylation sites (tertiary alicyclic amines) is 1. The lowest BCUT2D eigenvalue weighted by atomic mass is 9.74. The number of nitrogens with one attached hydrogen (secondary N) is 1. The highest BCUT2D eigenvalue weighted by atomic mass is 35.5. The fraction of sp³-hybridized carbons (Fsp3) is 0.448. The maximum absolute atomic E-state index is 13.4. The first-order valence-corrected chi connectivity index (χ1v) is 13.5. The van der Waals surface area contributed by atoms with Gasteiger partial charge in [0, 0.05) is 18.0 Å². The second-order valence-electron chi connectivity index (χ2n) is 10.9. The first kappa shape index (κ1) is 26.4. The molecule has 0 saturated carbocycles. The van der Waals surface area contributed by atoms with Crippen LogP contribution in [0.5, 0.6) is 5.75 Å². The van der Waals surface area contributed by atoms with E-state index in [0.717, 1.165) is 48.8 Å². The molecule has 8 nitrogen and oxygen atoms in total. The molecule has 2 aromatic carbocycles. The first-order chi connectivity index (χ1) is 18.1. The van der Waals surface area contributed by atoms with Gasteiger partial charge in [0.25, 0.3) is 17.7 Å². The molecule has 2 saturated heterocycles. The standard InChI is InChI=1S/C29H32ClN3O5/c1-28(19-6-3-7-20(30)18-19)12-15-32(16-13-28)14-5-17-38-22-9-4-8-21-24(22)26(36)33(25(21)35)29(2)11-10-23(34)31-27(29)37/h3-4,6-9,18H,5,10-17H2,1-2H3,(H,31,34,37)/t29-/m0/s1. The van der Waals surface area contributed by atoms with Crippen LogP contribution >= 0.6 is 11.6 Å². The molecule has 3 aliphatic rings. The largest absolute Gasteiger partial charge is 0.493 e. The van der Waals surface area contributed by atoms with Crippen molar-refractivity contribution in [2.24, 2.45) is 0 Å². The van der Waals surface area contributed by atoms with Gasteiger partial charge in [0.05, 0.1) is 17.7 Å². The third kappa shape index (κ3) is 4.71. The van der Waals surface area contributed by atoms with Crippen molar-refractivity contribution in [1.29, 1.82) is 0 Å². The summed E-state index contributed by atoms with van der Waals surface area (Å²) in [6.45, 7) is 7.04. The number of amides is 4. The summed E-state index contributed by atoms with van der Waals surface area (Å²) in [6, 6.07) is 13.1. The minimum atomic E-state index is -1.42. The monoisotopic (exact) mass is 537 g/mol. The van der Waals surface area contributed by atoms with Gasteiger partial charge in [0.15, 0.2) is 0 Å². The zero-order chi connectivity index (χ0) is 27.1. The smallest absolute Gasteiger partial charge is 0.266 e. The maximum atomic E-state index is 13.4. The molecule has 5 rings (SSSR count). The summed E-state index contributed by atoms with van der Waals surface area (Å²) in [4.78, 5) is 54.2. The molecule has 1 atom stereocenters. The minimum Gasteiger partial charge on any atom is -0.493 e. The van der Waals surface area contributed by atoms with Crippen LogP contribution in [0.2, 0.25) is 5.02 Å². The molecule has 3 aliphatic heterocycles. The molecule has 2 aromatic rings. The van der Waals surface area contributed by atoms with Crippen LogP contribution in [0, 0.1) is 0 Å². The predicted molar refractivity (Wildman–Crippen MR) is 142 cm³/mol. The Kier molecular flexibility index (Phi) is 7.05. The lowest BCUT2D eigenvalue weighted by Gasteiger charge is -2.40. The van der Waals surface area contributed by atoms with Crippen LogP contribution in [0.4, 0.5) is 0 Å². The van der Waals surface area contributed by atoms with Gasteiger partial charge >= 0.3 is 0 Å².